The molecule has 2 aromatic rings. The van der Waals surface area contributed by atoms with E-state index in [0.29, 0.717) is 24.2 Å². The van der Waals surface area contributed by atoms with Crippen LogP contribution < -0.4 is 5.32 Å². The first kappa shape index (κ1) is 17.9. The average molecular weight is 365 g/mol. The third kappa shape index (κ3) is 3.67. The Kier molecular flexibility index (Phi) is 5.07. The Labute approximate surface area is 160 Å². The highest BCUT2D eigenvalue weighted by Crippen LogP contribution is 2.29. The molecule has 2 atom stereocenters. The number of benzene rings is 1. The Balaban J connectivity index is 1.70. The van der Waals surface area contributed by atoms with E-state index in [0.717, 1.165) is 25.9 Å². The van der Waals surface area contributed by atoms with Crippen molar-refractivity contribution in [2.24, 2.45) is 0 Å². The first-order chi connectivity index (χ1) is 13.1. The monoisotopic (exact) mass is 365 g/mol. The lowest BCUT2D eigenvalue weighted by atomic mass is 10.0. The van der Waals surface area contributed by atoms with Crippen molar-refractivity contribution in [2.45, 2.75) is 44.8 Å². The van der Waals surface area contributed by atoms with E-state index < -0.39 is 0 Å². The Morgan fingerprint density at radius 3 is 2.74 bits per heavy atom. The van der Waals surface area contributed by atoms with Crippen molar-refractivity contribution in [3.63, 3.8) is 0 Å². The molecule has 3 heterocycles. The van der Waals surface area contributed by atoms with E-state index in [9.17, 15) is 4.79 Å². The average Bonchev–Trinajstić information content (AvgIpc) is 3.01. The Morgan fingerprint density at radius 2 is 1.93 bits per heavy atom. The molecule has 1 aromatic heterocycles. The predicted molar refractivity (Wildman–Crippen MR) is 106 cm³/mol. The lowest BCUT2D eigenvalue weighted by Crippen LogP contribution is -2.43. The summed E-state index contributed by atoms with van der Waals surface area (Å²) < 4.78 is 0. The fraction of sp³-hybridized carbons (Fsp3) is 0.476. The van der Waals surface area contributed by atoms with Crippen molar-refractivity contribution < 1.29 is 4.79 Å². The van der Waals surface area contributed by atoms with Gasteiger partial charge in [-0.25, -0.2) is 9.97 Å². The largest absolute Gasteiger partial charge is 0.384 e. The van der Waals surface area contributed by atoms with Crippen LogP contribution in [0.4, 0.5) is 5.69 Å². The standard InChI is InChI=1S/C21H27N5O/c1-15-4-3-5-16-12-26(21(27)17-10-22-14-23-11-17)13-19-7-6-18(25(19)2)8-9-24-20(15)16/h3-5,10-11,14,18-19,24H,6-9,12-13H2,1-2H3. The van der Waals surface area contributed by atoms with Crippen molar-refractivity contribution in [1.29, 1.82) is 0 Å². The van der Waals surface area contributed by atoms with Gasteiger partial charge in [0.2, 0.25) is 0 Å². The molecule has 1 N–H and O–H groups in total. The zero-order valence-electron chi connectivity index (χ0n) is 16.1. The van der Waals surface area contributed by atoms with E-state index in [1.165, 1.54) is 29.6 Å². The molecule has 1 saturated heterocycles. The number of likely N-dealkylation sites (N-methyl/N-ethyl adjacent to an activating group) is 1. The number of amides is 1. The number of hydrogen-bond donors (Lipinski definition) is 1. The van der Waals surface area contributed by atoms with Gasteiger partial charge in [-0.15, -0.1) is 0 Å². The summed E-state index contributed by atoms with van der Waals surface area (Å²) in [6, 6.07) is 7.29. The van der Waals surface area contributed by atoms with E-state index in [2.05, 4.69) is 52.4 Å². The summed E-state index contributed by atoms with van der Waals surface area (Å²) in [5, 5.41) is 3.64. The summed E-state index contributed by atoms with van der Waals surface area (Å²) >= 11 is 0. The number of anilines is 1. The lowest BCUT2D eigenvalue weighted by molar-refractivity contribution is 0.0688. The van der Waals surface area contributed by atoms with E-state index in [4.69, 9.17) is 0 Å². The highest BCUT2D eigenvalue weighted by atomic mass is 16.2. The summed E-state index contributed by atoms with van der Waals surface area (Å²) in [6.07, 6.45) is 8.13. The fourth-order valence-corrected chi connectivity index (χ4v) is 4.41. The number of rotatable bonds is 1. The van der Waals surface area contributed by atoms with Crippen LogP contribution in [0.25, 0.3) is 0 Å². The summed E-state index contributed by atoms with van der Waals surface area (Å²) in [5.41, 5.74) is 4.10. The minimum atomic E-state index is -0.000784. The molecule has 0 spiro atoms. The summed E-state index contributed by atoms with van der Waals surface area (Å²) in [5.74, 6) is -0.000784. The normalized spacial score (nSPS) is 23.3. The van der Waals surface area contributed by atoms with Crippen LogP contribution in [0, 0.1) is 6.92 Å². The van der Waals surface area contributed by atoms with Gasteiger partial charge in [0.1, 0.15) is 6.33 Å². The second kappa shape index (κ2) is 7.64. The summed E-state index contributed by atoms with van der Waals surface area (Å²) in [7, 11) is 2.20. The maximum absolute atomic E-state index is 13.2. The first-order valence-electron chi connectivity index (χ1n) is 9.72. The third-order valence-corrected chi connectivity index (χ3v) is 6.01. The van der Waals surface area contributed by atoms with Gasteiger partial charge in [-0.05, 0) is 44.4 Å². The van der Waals surface area contributed by atoms with Crippen molar-refractivity contribution in [2.75, 3.05) is 25.5 Å². The molecule has 0 saturated carbocycles. The number of nitrogens with one attached hydrogen (secondary N) is 1. The predicted octanol–water partition coefficient (Wildman–Crippen LogP) is 2.71. The summed E-state index contributed by atoms with van der Waals surface area (Å²) in [4.78, 5) is 25.7. The molecular formula is C21H27N5O. The topological polar surface area (TPSA) is 61.4 Å². The molecule has 1 aromatic carbocycles. The molecule has 1 amide bonds. The van der Waals surface area contributed by atoms with Crippen molar-refractivity contribution in [3.8, 4) is 0 Å². The number of carbonyl (C=O) groups excluding carboxylic acids is 1. The number of nitrogens with zero attached hydrogens (tertiary/aromatic N) is 4. The molecule has 2 aliphatic heterocycles. The molecule has 2 bridgehead atoms. The van der Waals surface area contributed by atoms with Crippen LogP contribution in [-0.4, -0.2) is 57.9 Å². The lowest BCUT2D eigenvalue weighted by Gasteiger charge is -2.31. The molecular weight excluding hydrogens is 338 g/mol. The Bertz CT molecular complexity index is 809. The SMILES string of the molecule is Cc1cccc2c1NCCC1CCC(CN(C(=O)c3cncnc3)C2)N1C. The first-order valence-corrected chi connectivity index (χ1v) is 9.72. The molecule has 27 heavy (non-hydrogen) atoms. The summed E-state index contributed by atoms with van der Waals surface area (Å²) in [6.45, 7) is 4.40. The highest BCUT2D eigenvalue weighted by molar-refractivity contribution is 5.93. The second-order valence-corrected chi connectivity index (χ2v) is 7.69. The maximum Gasteiger partial charge on any atom is 0.257 e. The van der Waals surface area contributed by atoms with Gasteiger partial charge in [0.15, 0.2) is 0 Å². The van der Waals surface area contributed by atoms with Crippen molar-refractivity contribution >= 4 is 11.6 Å². The van der Waals surface area contributed by atoms with E-state index >= 15 is 0 Å². The van der Waals surface area contributed by atoms with Crippen LogP contribution in [0.5, 0.6) is 0 Å². The second-order valence-electron chi connectivity index (χ2n) is 7.69. The molecule has 0 radical (unpaired) electrons. The Hall–Kier alpha value is -2.47. The van der Waals surface area contributed by atoms with Crippen LogP contribution in [0.3, 0.4) is 0 Å². The molecule has 4 rings (SSSR count). The van der Waals surface area contributed by atoms with Crippen LogP contribution >= 0.6 is 0 Å². The van der Waals surface area contributed by atoms with Gasteiger partial charge in [-0.1, -0.05) is 18.2 Å². The number of para-hydroxylation sites is 1. The fourth-order valence-electron chi connectivity index (χ4n) is 4.41. The van der Waals surface area contributed by atoms with Gasteiger partial charge in [0, 0.05) is 49.8 Å². The number of carbonyl (C=O) groups is 1. The number of hydrogen-bond acceptors (Lipinski definition) is 5. The third-order valence-electron chi connectivity index (χ3n) is 6.01. The van der Waals surface area contributed by atoms with Gasteiger partial charge in [0.05, 0.1) is 5.56 Å². The van der Waals surface area contributed by atoms with Crippen LogP contribution in [0.2, 0.25) is 0 Å². The van der Waals surface area contributed by atoms with Crippen molar-refractivity contribution in [3.05, 3.63) is 53.6 Å². The van der Waals surface area contributed by atoms with Crippen molar-refractivity contribution in [1.82, 2.24) is 19.8 Å². The molecule has 142 valence electrons. The van der Waals surface area contributed by atoms with Crippen LogP contribution in [0.1, 0.15) is 40.7 Å². The van der Waals surface area contributed by atoms with Gasteiger partial charge in [-0.3, -0.25) is 9.69 Å². The van der Waals surface area contributed by atoms with Gasteiger partial charge in [0.25, 0.3) is 5.91 Å². The highest BCUT2D eigenvalue weighted by Gasteiger charge is 2.33. The maximum atomic E-state index is 13.2. The number of aryl methyl sites for hydroxylation is 1. The molecule has 2 unspecified atom stereocenters. The number of aromatic nitrogens is 2. The minimum Gasteiger partial charge on any atom is -0.384 e. The van der Waals surface area contributed by atoms with Gasteiger partial charge < -0.3 is 10.2 Å². The van der Waals surface area contributed by atoms with Gasteiger partial charge >= 0.3 is 0 Å². The molecule has 0 aliphatic carbocycles. The molecule has 6 heteroatoms. The molecule has 2 aliphatic rings. The smallest absolute Gasteiger partial charge is 0.257 e. The quantitative estimate of drug-likeness (QED) is 0.842. The zero-order valence-corrected chi connectivity index (χ0v) is 16.1. The van der Waals surface area contributed by atoms with E-state index in [-0.39, 0.29) is 5.91 Å². The Morgan fingerprint density at radius 1 is 1.15 bits per heavy atom. The zero-order chi connectivity index (χ0) is 18.8. The number of fused-ring (bicyclic) bond motifs is 3. The molecule has 1 fully saturated rings. The van der Waals surface area contributed by atoms with Crippen LogP contribution in [-0.2, 0) is 6.54 Å². The van der Waals surface area contributed by atoms with E-state index in [1.54, 1.807) is 12.4 Å². The minimum absolute atomic E-state index is 0.000784. The van der Waals surface area contributed by atoms with E-state index in [1.807, 2.05) is 4.90 Å². The van der Waals surface area contributed by atoms with Gasteiger partial charge in [-0.2, -0.15) is 0 Å². The molecule has 6 nitrogen and oxygen atoms in total. The van der Waals surface area contributed by atoms with Crippen LogP contribution in [0.15, 0.2) is 36.9 Å².